The molecule has 0 radical (unpaired) electrons. The zero-order valence-corrected chi connectivity index (χ0v) is 10.6. The van der Waals surface area contributed by atoms with Crippen molar-refractivity contribution in [1.82, 2.24) is 0 Å². The molecule has 0 aliphatic rings. The summed E-state index contributed by atoms with van der Waals surface area (Å²) in [5, 5.41) is -0.0961. The summed E-state index contributed by atoms with van der Waals surface area (Å²) < 4.78 is 62.0. The van der Waals surface area contributed by atoms with Crippen molar-refractivity contribution in [3.63, 3.8) is 0 Å². The highest BCUT2D eigenvalue weighted by atomic mass is 35.5. The molecule has 0 spiro atoms. The second-order valence-corrected chi connectivity index (χ2v) is 5.91. The van der Waals surface area contributed by atoms with Crippen molar-refractivity contribution in [2.45, 2.75) is 15.3 Å². The maximum Gasteiger partial charge on any atom is 0.446 e. The number of hydrogen-bond acceptors (Lipinski definition) is 4. The van der Waals surface area contributed by atoms with Crippen LogP contribution in [0.15, 0.2) is 32.4 Å². The number of sulfonamides is 1. The molecule has 0 amide bonds. The molecule has 0 atom stereocenters. The molecule has 1 rings (SSSR count). The minimum absolute atomic E-state index is 0.0961. The van der Waals surface area contributed by atoms with E-state index in [0.717, 1.165) is 24.3 Å². The molecular weight excluding hydrogens is 315 g/mol. The molecular formula is C8H3ClF3NO3S2. The Morgan fingerprint density at radius 2 is 1.94 bits per heavy atom. The fourth-order valence-corrected chi connectivity index (χ4v) is 3.01. The molecule has 98 valence electrons. The predicted octanol–water partition coefficient (Wildman–Crippen LogP) is 2.98. The molecule has 4 nitrogen and oxygen atoms in total. The van der Waals surface area contributed by atoms with Crippen molar-refractivity contribution < 1.29 is 26.4 Å². The molecule has 18 heavy (non-hydrogen) atoms. The molecule has 0 aliphatic heterocycles. The molecule has 0 unspecified atom stereocenters. The SMILES string of the molecule is O=C=NS(=O)(=O)c1cc(Cl)ccc1SC(F)(F)F. The quantitative estimate of drug-likeness (QED) is 0.488. The molecule has 0 saturated carbocycles. The largest absolute Gasteiger partial charge is 0.446 e. The van der Waals surface area contributed by atoms with E-state index in [0.29, 0.717) is 0 Å². The van der Waals surface area contributed by atoms with Gasteiger partial charge in [-0.25, -0.2) is 4.79 Å². The van der Waals surface area contributed by atoms with Crippen LogP contribution in [0.4, 0.5) is 13.2 Å². The summed E-state index contributed by atoms with van der Waals surface area (Å²) in [6.45, 7) is 0. The van der Waals surface area contributed by atoms with Gasteiger partial charge < -0.3 is 0 Å². The van der Waals surface area contributed by atoms with E-state index in [9.17, 15) is 26.4 Å². The summed E-state index contributed by atoms with van der Waals surface area (Å²) in [5.74, 6) is 0. The Bertz CT molecular complexity index is 609. The smallest absolute Gasteiger partial charge is 0.210 e. The minimum Gasteiger partial charge on any atom is -0.210 e. The van der Waals surface area contributed by atoms with Gasteiger partial charge in [0.05, 0.1) is 0 Å². The maximum atomic E-state index is 12.2. The van der Waals surface area contributed by atoms with Crippen LogP contribution < -0.4 is 0 Å². The van der Waals surface area contributed by atoms with Crippen LogP contribution in [0.1, 0.15) is 0 Å². The normalized spacial score (nSPS) is 12.0. The first-order valence-corrected chi connectivity index (χ1v) is 6.68. The highest BCUT2D eigenvalue weighted by Gasteiger charge is 2.32. The van der Waals surface area contributed by atoms with Gasteiger partial charge in [-0.1, -0.05) is 16.0 Å². The second kappa shape index (κ2) is 5.31. The van der Waals surface area contributed by atoms with Gasteiger partial charge in [-0.3, -0.25) is 0 Å². The number of isocyanates is 1. The Labute approximate surface area is 109 Å². The van der Waals surface area contributed by atoms with Gasteiger partial charge in [0.2, 0.25) is 0 Å². The van der Waals surface area contributed by atoms with Gasteiger partial charge in [-0.2, -0.15) is 21.6 Å². The molecule has 1 aromatic rings. The fraction of sp³-hybridized carbons (Fsp3) is 0.125. The molecule has 0 fully saturated rings. The van der Waals surface area contributed by atoms with Crippen LogP contribution >= 0.6 is 23.4 Å². The molecule has 0 aliphatic carbocycles. The molecule has 0 aromatic heterocycles. The Kier molecular flexibility index (Phi) is 4.44. The minimum atomic E-state index is -4.68. The summed E-state index contributed by atoms with van der Waals surface area (Å²) in [4.78, 5) is 8.53. The maximum absolute atomic E-state index is 12.2. The van der Waals surface area contributed by atoms with Crippen LogP contribution in [0, 0.1) is 0 Å². The Morgan fingerprint density at radius 1 is 1.33 bits per heavy atom. The summed E-state index contributed by atoms with van der Waals surface area (Å²) in [7, 11) is -4.54. The van der Waals surface area contributed by atoms with E-state index in [1.165, 1.54) is 0 Å². The van der Waals surface area contributed by atoms with Gasteiger partial charge >= 0.3 is 5.51 Å². The zero-order valence-electron chi connectivity index (χ0n) is 8.23. The summed E-state index contributed by atoms with van der Waals surface area (Å²) in [6, 6.07) is 2.76. The first-order chi connectivity index (χ1) is 8.15. The lowest BCUT2D eigenvalue weighted by Gasteiger charge is -2.09. The van der Waals surface area contributed by atoms with Gasteiger partial charge in [0.15, 0.2) is 0 Å². The van der Waals surface area contributed by atoms with E-state index in [1.807, 2.05) is 0 Å². The lowest BCUT2D eigenvalue weighted by Crippen LogP contribution is -2.04. The van der Waals surface area contributed by atoms with Crippen LogP contribution in [-0.4, -0.2) is 20.0 Å². The van der Waals surface area contributed by atoms with E-state index < -0.39 is 37.1 Å². The van der Waals surface area contributed by atoms with Crippen LogP contribution in [0.2, 0.25) is 5.02 Å². The molecule has 1 aromatic carbocycles. The predicted molar refractivity (Wildman–Crippen MR) is 58.7 cm³/mol. The van der Waals surface area contributed by atoms with Crippen LogP contribution in [-0.2, 0) is 14.8 Å². The number of thioether (sulfide) groups is 1. The lowest BCUT2D eigenvalue weighted by atomic mass is 10.4. The molecule has 0 N–H and O–H groups in total. The number of alkyl halides is 3. The zero-order chi connectivity index (χ0) is 14.0. The summed E-state index contributed by atoms with van der Waals surface area (Å²) >= 11 is 4.86. The van der Waals surface area contributed by atoms with Crippen LogP contribution in [0.5, 0.6) is 0 Å². The molecule has 0 saturated heterocycles. The van der Waals surface area contributed by atoms with E-state index in [4.69, 9.17) is 11.6 Å². The number of nitrogens with zero attached hydrogens (tertiary/aromatic N) is 1. The van der Waals surface area contributed by atoms with Crippen molar-refractivity contribution in [1.29, 1.82) is 0 Å². The third-order valence-electron chi connectivity index (χ3n) is 1.57. The first-order valence-electron chi connectivity index (χ1n) is 4.05. The Morgan fingerprint density at radius 3 is 2.44 bits per heavy atom. The highest BCUT2D eigenvalue weighted by Crippen LogP contribution is 2.40. The Hall–Kier alpha value is -1.02. The van der Waals surface area contributed by atoms with Crippen LogP contribution in [0.3, 0.4) is 0 Å². The lowest BCUT2D eigenvalue weighted by molar-refractivity contribution is -0.0328. The monoisotopic (exact) mass is 317 g/mol. The number of rotatable bonds is 3. The topological polar surface area (TPSA) is 63.6 Å². The van der Waals surface area contributed by atoms with Gasteiger partial charge in [0.25, 0.3) is 16.1 Å². The van der Waals surface area contributed by atoms with E-state index in [-0.39, 0.29) is 5.02 Å². The van der Waals surface area contributed by atoms with Crippen molar-refractivity contribution >= 4 is 39.5 Å². The van der Waals surface area contributed by atoms with Gasteiger partial charge in [-0.05, 0) is 30.0 Å². The molecule has 10 heteroatoms. The average molecular weight is 318 g/mol. The fourth-order valence-electron chi connectivity index (χ4n) is 0.991. The van der Waals surface area contributed by atoms with Gasteiger partial charge in [0.1, 0.15) is 4.90 Å². The van der Waals surface area contributed by atoms with E-state index in [1.54, 1.807) is 0 Å². The number of hydrogen-bond donors (Lipinski definition) is 0. The Balaban J connectivity index is 3.42. The van der Waals surface area contributed by atoms with E-state index in [2.05, 4.69) is 4.40 Å². The van der Waals surface area contributed by atoms with Crippen molar-refractivity contribution in [3.8, 4) is 0 Å². The first kappa shape index (κ1) is 15.0. The molecule has 0 bridgehead atoms. The van der Waals surface area contributed by atoms with Crippen molar-refractivity contribution in [3.05, 3.63) is 23.2 Å². The third-order valence-corrected chi connectivity index (χ3v) is 3.95. The third kappa shape index (κ3) is 4.02. The second-order valence-electron chi connectivity index (χ2n) is 2.80. The molecule has 0 heterocycles. The number of carbonyl (C=O) groups excluding carboxylic acids is 1. The summed E-state index contributed by atoms with van der Waals surface area (Å²) in [6.07, 6.45) is 0.769. The van der Waals surface area contributed by atoms with Crippen LogP contribution in [0.25, 0.3) is 0 Å². The average Bonchev–Trinajstić information content (AvgIpc) is 2.18. The standard InChI is InChI=1S/C8H3ClF3NO3S2/c9-5-1-2-6(17-8(10,11)12)7(3-5)18(15,16)13-4-14/h1-3H. The van der Waals surface area contributed by atoms with E-state index >= 15 is 0 Å². The van der Waals surface area contributed by atoms with Crippen molar-refractivity contribution in [2.24, 2.45) is 4.40 Å². The van der Waals surface area contributed by atoms with Crippen molar-refractivity contribution in [2.75, 3.05) is 0 Å². The highest BCUT2D eigenvalue weighted by molar-refractivity contribution is 8.01. The van der Waals surface area contributed by atoms with Gasteiger partial charge in [-0.15, -0.1) is 0 Å². The number of halogens is 4. The summed E-state index contributed by atoms with van der Waals surface area (Å²) in [5.41, 5.74) is -4.68. The van der Waals surface area contributed by atoms with Gasteiger partial charge in [0, 0.05) is 9.92 Å². The number of benzene rings is 1.